The molecule has 0 aliphatic heterocycles. The smallest absolute Gasteiger partial charge is 0.158 e. The van der Waals surface area contributed by atoms with E-state index < -0.39 is 6.10 Å². The third-order valence-electron chi connectivity index (χ3n) is 2.88. The first-order valence-corrected chi connectivity index (χ1v) is 6.03. The summed E-state index contributed by atoms with van der Waals surface area (Å²) >= 11 is 0. The summed E-state index contributed by atoms with van der Waals surface area (Å²) in [6.07, 6.45) is 5.01. The largest absolute Gasteiger partial charge is 0.509 e. The summed E-state index contributed by atoms with van der Waals surface area (Å²) in [4.78, 5) is 10.4. The van der Waals surface area contributed by atoms with Crippen LogP contribution in [-0.2, 0) is 9.78 Å². The minimum absolute atomic E-state index is 0.0523. The molecule has 17 heavy (non-hydrogen) atoms. The van der Waals surface area contributed by atoms with Gasteiger partial charge in [0.2, 0.25) is 0 Å². The van der Waals surface area contributed by atoms with Crippen molar-refractivity contribution >= 4 is 0 Å². The quantitative estimate of drug-likeness (QED) is 0.427. The van der Waals surface area contributed by atoms with Crippen LogP contribution >= 0.6 is 0 Å². The summed E-state index contributed by atoms with van der Waals surface area (Å²) in [5.74, 6) is 0.0523. The lowest BCUT2D eigenvalue weighted by molar-refractivity contribution is -0.335. The zero-order valence-electron chi connectivity index (χ0n) is 10.8. The molecule has 1 rings (SSSR count). The van der Waals surface area contributed by atoms with Crippen LogP contribution in [0.3, 0.4) is 0 Å². The van der Waals surface area contributed by atoms with Crippen LogP contribution in [0.15, 0.2) is 23.5 Å². The Labute approximate surface area is 102 Å². The molecule has 1 aliphatic rings. The van der Waals surface area contributed by atoms with Crippen molar-refractivity contribution in [3.05, 3.63) is 23.5 Å². The van der Waals surface area contributed by atoms with Gasteiger partial charge in [-0.25, -0.2) is 9.78 Å². The van der Waals surface area contributed by atoms with Crippen LogP contribution in [-0.4, -0.2) is 29.5 Å². The lowest BCUT2D eigenvalue weighted by Gasteiger charge is -2.33. The van der Waals surface area contributed by atoms with E-state index in [9.17, 15) is 5.11 Å². The van der Waals surface area contributed by atoms with Gasteiger partial charge in [0.25, 0.3) is 0 Å². The topological polar surface area (TPSA) is 58.9 Å². The molecule has 2 N–H and O–H groups in total. The fourth-order valence-electron chi connectivity index (χ4n) is 1.63. The maximum atomic E-state index is 9.98. The van der Waals surface area contributed by atoms with Crippen molar-refractivity contribution in [1.29, 1.82) is 0 Å². The van der Waals surface area contributed by atoms with Gasteiger partial charge in [-0.2, -0.15) is 0 Å². The van der Waals surface area contributed by atoms with Crippen molar-refractivity contribution in [2.24, 2.45) is 5.41 Å². The Kier molecular flexibility index (Phi) is 5.18. The summed E-state index contributed by atoms with van der Waals surface area (Å²) < 4.78 is 0. The molecule has 1 aliphatic carbocycles. The van der Waals surface area contributed by atoms with Crippen LogP contribution in [0.5, 0.6) is 0 Å². The van der Waals surface area contributed by atoms with Gasteiger partial charge in [0.15, 0.2) is 6.10 Å². The van der Waals surface area contributed by atoms with E-state index in [1.807, 2.05) is 19.9 Å². The first-order chi connectivity index (χ1) is 8.03. The zero-order chi connectivity index (χ0) is 12.9. The second-order valence-electron chi connectivity index (χ2n) is 4.88. The van der Waals surface area contributed by atoms with E-state index in [0.29, 0.717) is 12.2 Å². The highest BCUT2D eigenvalue weighted by molar-refractivity contribution is 5.32. The molecular formula is C13H22O4. The van der Waals surface area contributed by atoms with Gasteiger partial charge in [-0.05, 0) is 6.42 Å². The van der Waals surface area contributed by atoms with Crippen LogP contribution in [0.1, 0.15) is 33.6 Å². The average molecular weight is 242 g/mol. The molecule has 0 aromatic rings. The van der Waals surface area contributed by atoms with Crippen LogP contribution in [0.4, 0.5) is 0 Å². The first kappa shape index (κ1) is 14.2. The monoisotopic (exact) mass is 242 g/mol. The summed E-state index contributed by atoms with van der Waals surface area (Å²) in [5, 5.41) is 19.1. The van der Waals surface area contributed by atoms with Gasteiger partial charge in [0.1, 0.15) is 5.76 Å². The SMILES string of the molecule is CCCCOOC1C(O)=C(CO)C=CC1(C)C. The highest BCUT2D eigenvalue weighted by atomic mass is 17.2. The Morgan fingerprint density at radius 1 is 1.41 bits per heavy atom. The Hall–Kier alpha value is -0.840. The molecule has 0 heterocycles. The average Bonchev–Trinajstić information content (AvgIpc) is 2.28. The maximum Gasteiger partial charge on any atom is 0.158 e. The number of rotatable bonds is 6. The Morgan fingerprint density at radius 2 is 2.12 bits per heavy atom. The van der Waals surface area contributed by atoms with E-state index >= 15 is 0 Å². The number of aliphatic hydroxyl groups is 2. The highest BCUT2D eigenvalue weighted by Gasteiger charge is 2.36. The van der Waals surface area contributed by atoms with Crippen molar-refractivity contribution in [1.82, 2.24) is 0 Å². The molecule has 0 spiro atoms. The summed E-state index contributed by atoms with van der Waals surface area (Å²) in [7, 11) is 0. The van der Waals surface area contributed by atoms with E-state index in [0.717, 1.165) is 12.8 Å². The maximum absolute atomic E-state index is 9.98. The van der Waals surface area contributed by atoms with Crippen LogP contribution in [0, 0.1) is 5.41 Å². The molecule has 1 unspecified atom stereocenters. The van der Waals surface area contributed by atoms with Gasteiger partial charge < -0.3 is 10.2 Å². The molecule has 4 heteroatoms. The lowest BCUT2D eigenvalue weighted by Crippen LogP contribution is -2.35. The van der Waals surface area contributed by atoms with E-state index in [1.165, 1.54) is 0 Å². The summed E-state index contributed by atoms with van der Waals surface area (Å²) in [6, 6.07) is 0. The van der Waals surface area contributed by atoms with Crippen LogP contribution in [0.2, 0.25) is 0 Å². The second kappa shape index (κ2) is 6.19. The fraction of sp³-hybridized carbons (Fsp3) is 0.692. The number of hydrogen-bond acceptors (Lipinski definition) is 4. The standard InChI is InChI=1S/C13H22O4/c1-4-5-8-16-17-12-11(15)10(9-14)6-7-13(12,2)3/h6-7,12,14-15H,4-5,8-9H2,1-3H3. The molecule has 0 fully saturated rings. The second-order valence-corrected chi connectivity index (χ2v) is 4.88. The van der Waals surface area contributed by atoms with Gasteiger partial charge in [-0.1, -0.05) is 39.3 Å². The number of unbranched alkanes of at least 4 members (excludes halogenated alkanes) is 1. The predicted molar refractivity (Wildman–Crippen MR) is 65.4 cm³/mol. The number of hydrogen-bond donors (Lipinski definition) is 2. The van der Waals surface area contributed by atoms with Gasteiger partial charge >= 0.3 is 0 Å². The third kappa shape index (κ3) is 3.56. The summed E-state index contributed by atoms with van der Waals surface area (Å²) in [5.41, 5.74) is 0.128. The molecule has 0 amide bonds. The summed E-state index contributed by atoms with van der Waals surface area (Å²) in [6.45, 7) is 6.27. The molecule has 0 bridgehead atoms. The highest BCUT2D eigenvalue weighted by Crippen LogP contribution is 2.35. The van der Waals surface area contributed by atoms with Crippen LogP contribution < -0.4 is 0 Å². The molecule has 0 aromatic carbocycles. The van der Waals surface area contributed by atoms with Crippen molar-refractivity contribution in [3.8, 4) is 0 Å². The molecule has 0 saturated carbocycles. The molecule has 0 saturated heterocycles. The zero-order valence-corrected chi connectivity index (χ0v) is 10.8. The van der Waals surface area contributed by atoms with Gasteiger partial charge in [-0.15, -0.1) is 0 Å². The molecule has 4 nitrogen and oxygen atoms in total. The van der Waals surface area contributed by atoms with E-state index in [4.69, 9.17) is 14.9 Å². The fourth-order valence-corrected chi connectivity index (χ4v) is 1.63. The molecule has 1 atom stereocenters. The predicted octanol–water partition coefficient (Wildman–Crippen LogP) is 2.50. The van der Waals surface area contributed by atoms with Gasteiger partial charge in [0.05, 0.1) is 13.2 Å². The van der Waals surface area contributed by atoms with E-state index in [-0.39, 0.29) is 17.8 Å². The van der Waals surface area contributed by atoms with Crippen LogP contribution in [0.25, 0.3) is 0 Å². The van der Waals surface area contributed by atoms with Gasteiger partial charge in [0, 0.05) is 11.0 Å². The number of aliphatic hydroxyl groups excluding tert-OH is 2. The van der Waals surface area contributed by atoms with Gasteiger partial charge in [-0.3, -0.25) is 0 Å². The Bertz CT molecular complexity index is 305. The normalized spacial score (nSPS) is 23.2. The Balaban J connectivity index is 2.65. The first-order valence-electron chi connectivity index (χ1n) is 6.03. The Morgan fingerprint density at radius 3 is 2.71 bits per heavy atom. The molecule has 0 radical (unpaired) electrons. The minimum Gasteiger partial charge on any atom is -0.509 e. The van der Waals surface area contributed by atoms with E-state index in [2.05, 4.69) is 6.92 Å². The lowest BCUT2D eigenvalue weighted by atomic mass is 9.80. The van der Waals surface area contributed by atoms with E-state index in [1.54, 1.807) is 6.08 Å². The van der Waals surface area contributed by atoms with Crippen molar-refractivity contribution in [3.63, 3.8) is 0 Å². The third-order valence-corrected chi connectivity index (χ3v) is 2.88. The van der Waals surface area contributed by atoms with Crippen molar-refractivity contribution in [2.75, 3.05) is 13.2 Å². The molecule has 0 aromatic heterocycles. The minimum atomic E-state index is -0.563. The van der Waals surface area contributed by atoms with Crippen molar-refractivity contribution in [2.45, 2.75) is 39.7 Å². The molecule has 98 valence electrons. The molecular weight excluding hydrogens is 220 g/mol. The van der Waals surface area contributed by atoms with Crippen molar-refractivity contribution < 1.29 is 20.0 Å².